The lowest BCUT2D eigenvalue weighted by molar-refractivity contribution is -0.385. The number of aromatic nitrogens is 2. The molecule has 0 bridgehead atoms. The molecule has 0 N–H and O–H groups in total. The highest BCUT2D eigenvalue weighted by molar-refractivity contribution is 5.97. The van der Waals surface area contributed by atoms with Gasteiger partial charge in [-0.2, -0.15) is 5.10 Å². The fourth-order valence-electron chi connectivity index (χ4n) is 5.07. The summed E-state index contributed by atoms with van der Waals surface area (Å²) in [6.07, 6.45) is 2.79. The Hall–Kier alpha value is -3.43. The molecular formula is C23H29N5O5. The van der Waals surface area contributed by atoms with Gasteiger partial charge < -0.3 is 14.5 Å². The van der Waals surface area contributed by atoms with Crippen molar-refractivity contribution in [2.45, 2.75) is 32.6 Å². The van der Waals surface area contributed by atoms with Crippen molar-refractivity contribution in [2.24, 2.45) is 12.5 Å². The highest BCUT2D eigenvalue weighted by atomic mass is 16.6. The zero-order valence-electron chi connectivity index (χ0n) is 19.2. The average Bonchev–Trinajstić information content (AvgIpc) is 3.34. The van der Waals surface area contributed by atoms with E-state index in [1.54, 1.807) is 26.0 Å². The number of hydrogen-bond acceptors (Lipinski definition) is 6. The van der Waals surface area contributed by atoms with Crippen molar-refractivity contribution in [3.8, 4) is 5.75 Å². The van der Waals surface area contributed by atoms with Crippen molar-refractivity contribution in [3.05, 3.63) is 51.3 Å². The maximum absolute atomic E-state index is 13.1. The van der Waals surface area contributed by atoms with E-state index in [0.717, 1.165) is 30.6 Å². The highest BCUT2D eigenvalue weighted by Crippen LogP contribution is 2.41. The van der Waals surface area contributed by atoms with Crippen LogP contribution >= 0.6 is 0 Å². The zero-order valence-corrected chi connectivity index (χ0v) is 19.2. The average molecular weight is 456 g/mol. The van der Waals surface area contributed by atoms with Crippen LogP contribution < -0.4 is 4.74 Å². The molecule has 2 aliphatic heterocycles. The Balaban J connectivity index is 1.38. The molecule has 2 aromatic rings. The standard InChI is InChI=1S/C23H29N5O5/c1-16-20(28(31)32)21(25(2)24-16)22(30)27-12-9-23(15-27)7-10-26(11-8-23)19(29)14-17-5-4-6-18(13-17)33-3/h4-6,13H,7-12,14-15H2,1-3H3. The normalized spacial score (nSPS) is 17.4. The number of nitro groups is 1. The van der Waals surface area contributed by atoms with E-state index in [0.29, 0.717) is 32.6 Å². The molecule has 0 aliphatic carbocycles. The van der Waals surface area contributed by atoms with E-state index in [1.165, 1.54) is 4.68 Å². The minimum atomic E-state index is -0.534. The first-order valence-electron chi connectivity index (χ1n) is 11.1. The smallest absolute Gasteiger partial charge is 0.322 e. The predicted octanol–water partition coefficient (Wildman–Crippen LogP) is 2.34. The number of ether oxygens (including phenoxy) is 1. The van der Waals surface area contributed by atoms with Gasteiger partial charge in [-0.25, -0.2) is 0 Å². The number of hydrogen-bond donors (Lipinski definition) is 0. The molecule has 2 saturated heterocycles. The second kappa shape index (κ2) is 8.84. The quantitative estimate of drug-likeness (QED) is 0.505. The Bertz CT molecular complexity index is 1090. The summed E-state index contributed by atoms with van der Waals surface area (Å²) in [7, 11) is 3.17. The molecule has 2 aliphatic rings. The molecule has 0 unspecified atom stereocenters. The van der Waals surface area contributed by atoms with E-state index < -0.39 is 4.92 Å². The lowest BCUT2D eigenvalue weighted by atomic mass is 9.77. The summed E-state index contributed by atoms with van der Waals surface area (Å²) in [4.78, 5) is 40.5. The number of nitrogens with zero attached hydrogens (tertiary/aromatic N) is 5. The molecule has 1 spiro atoms. The van der Waals surface area contributed by atoms with E-state index in [2.05, 4.69) is 5.10 Å². The van der Waals surface area contributed by atoms with Gasteiger partial charge >= 0.3 is 5.69 Å². The zero-order chi connectivity index (χ0) is 23.8. The Kier molecular flexibility index (Phi) is 6.09. The number of rotatable bonds is 5. The minimum absolute atomic E-state index is 0.0282. The molecule has 1 aromatic heterocycles. The Morgan fingerprint density at radius 1 is 1.18 bits per heavy atom. The van der Waals surface area contributed by atoms with Crippen molar-refractivity contribution in [1.82, 2.24) is 19.6 Å². The van der Waals surface area contributed by atoms with E-state index in [-0.39, 0.29) is 34.3 Å². The van der Waals surface area contributed by atoms with Gasteiger partial charge in [0.2, 0.25) is 11.6 Å². The van der Waals surface area contributed by atoms with Gasteiger partial charge in [-0.3, -0.25) is 24.4 Å². The summed E-state index contributed by atoms with van der Waals surface area (Å²) >= 11 is 0. The van der Waals surface area contributed by atoms with Crippen molar-refractivity contribution in [1.29, 1.82) is 0 Å². The summed E-state index contributed by atoms with van der Waals surface area (Å²) in [6, 6.07) is 7.53. The van der Waals surface area contributed by atoms with E-state index in [1.807, 2.05) is 29.2 Å². The molecule has 0 atom stereocenters. The Morgan fingerprint density at radius 2 is 1.85 bits per heavy atom. The second-order valence-electron chi connectivity index (χ2n) is 9.05. The number of aryl methyl sites for hydroxylation is 2. The van der Waals surface area contributed by atoms with Gasteiger partial charge in [-0.05, 0) is 49.3 Å². The van der Waals surface area contributed by atoms with Crippen LogP contribution in [-0.2, 0) is 18.3 Å². The summed E-state index contributed by atoms with van der Waals surface area (Å²) in [5, 5.41) is 15.6. The summed E-state index contributed by atoms with van der Waals surface area (Å²) < 4.78 is 6.54. The molecule has 3 heterocycles. The van der Waals surface area contributed by atoms with Gasteiger partial charge in [0.15, 0.2) is 0 Å². The first-order valence-corrected chi connectivity index (χ1v) is 11.1. The monoisotopic (exact) mass is 455 g/mol. The maximum atomic E-state index is 13.1. The second-order valence-corrected chi connectivity index (χ2v) is 9.05. The lowest BCUT2D eigenvalue weighted by Gasteiger charge is -2.39. The summed E-state index contributed by atoms with van der Waals surface area (Å²) in [5.41, 5.74) is 0.917. The molecule has 4 rings (SSSR count). The van der Waals surface area contributed by atoms with Gasteiger partial charge in [-0.15, -0.1) is 0 Å². The van der Waals surface area contributed by atoms with E-state index in [9.17, 15) is 19.7 Å². The topological polar surface area (TPSA) is 111 Å². The number of amides is 2. The van der Waals surface area contributed by atoms with Gasteiger partial charge in [0.25, 0.3) is 5.91 Å². The lowest BCUT2D eigenvalue weighted by Crippen LogP contribution is -2.45. The van der Waals surface area contributed by atoms with Crippen LogP contribution in [0.5, 0.6) is 5.75 Å². The largest absolute Gasteiger partial charge is 0.497 e. The number of carbonyl (C=O) groups excluding carboxylic acids is 2. The first-order chi connectivity index (χ1) is 15.7. The first kappa shape index (κ1) is 22.8. The van der Waals surface area contributed by atoms with Crippen molar-refractivity contribution in [2.75, 3.05) is 33.3 Å². The molecule has 0 radical (unpaired) electrons. The van der Waals surface area contributed by atoms with Crippen LogP contribution in [0.3, 0.4) is 0 Å². The summed E-state index contributed by atoms with van der Waals surface area (Å²) in [6.45, 7) is 3.94. The van der Waals surface area contributed by atoms with Crippen LogP contribution in [0.4, 0.5) is 5.69 Å². The third-order valence-corrected chi connectivity index (χ3v) is 6.97. The predicted molar refractivity (Wildman–Crippen MR) is 120 cm³/mol. The maximum Gasteiger partial charge on any atom is 0.322 e. The van der Waals surface area contributed by atoms with Crippen LogP contribution in [0.2, 0.25) is 0 Å². The van der Waals surface area contributed by atoms with E-state index >= 15 is 0 Å². The number of likely N-dealkylation sites (tertiary alicyclic amines) is 2. The van der Waals surface area contributed by atoms with Gasteiger partial charge in [0.05, 0.1) is 18.5 Å². The van der Waals surface area contributed by atoms with Crippen molar-refractivity contribution in [3.63, 3.8) is 0 Å². The molecule has 1 aromatic carbocycles. The minimum Gasteiger partial charge on any atom is -0.497 e. The van der Waals surface area contributed by atoms with Crippen molar-refractivity contribution < 1.29 is 19.2 Å². The number of carbonyl (C=O) groups is 2. The van der Waals surface area contributed by atoms with Crippen LogP contribution in [0.1, 0.15) is 41.0 Å². The SMILES string of the molecule is COc1cccc(CC(=O)N2CCC3(CC2)CCN(C(=O)c2c([N+](=O)[O-])c(C)nn2C)C3)c1. The molecule has 2 fully saturated rings. The molecule has 10 heteroatoms. The van der Waals surface area contributed by atoms with Crippen LogP contribution in [-0.4, -0.2) is 69.6 Å². The van der Waals surface area contributed by atoms with E-state index in [4.69, 9.17) is 4.74 Å². The molecule has 0 saturated carbocycles. The number of benzene rings is 1. The molecular weight excluding hydrogens is 426 g/mol. The molecule has 176 valence electrons. The van der Waals surface area contributed by atoms with Crippen LogP contribution in [0.25, 0.3) is 0 Å². The Morgan fingerprint density at radius 3 is 2.48 bits per heavy atom. The number of piperidine rings is 1. The van der Waals surface area contributed by atoms with Crippen molar-refractivity contribution >= 4 is 17.5 Å². The third-order valence-electron chi connectivity index (χ3n) is 6.97. The van der Waals surface area contributed by atoms with Gasteiger partial charge in [-0.1, -0.05) is 12.1 Å². The molecule has 10 nitrogen and oxygen atoms in total. The molecule has 33 heavy (non-hydrogen) atoms. The fraction of sp³-hybridized carbons (Fsp3) is 0.522. The Labute approximate surface area is 192 Å². The molecule has 2 amide bonds. The van der Waals surface area contributed by atoms with Gasteiger partial charge in [0.1, 0.15) is 11.4 Å². The number of methoxy groups -OCH3 is 1. The summed E-state index contributed by atoms with van der Waals surface area (Å²) in [5.74, 6) is 0.473. The van der Waals surface area contributed by atoms with Gasteiger partial charge in [0, 0.05) is 33.2 Å². The third kappa shape index (κ3) is 4.42. The highest BCUT2D eigenvalue weighted by Gasteiger charge is 2.44. The fourth-order valence-corrected chi connectivity index (χ4v) is 5.07. The van der Waals surface area contributed by atoms with Crippen LogP contribution in [0.15, 0.2) is 24.3 Å². The van der Waals surface area contributed by atoms with Crippen LogP contribution in [0, 0.1) is 22.5 Å².